The third kappa shape index (κ3) is 2.59. The summed E-state index contributed by atoms with van der Waals surface area (Å²) >= 11 is 0. The van der Waals surface area contributed by atoms with Crippen LogP contribution in [0.3, 0.4) is 0 Å². The largest absolute Gasteiger partial charge is 0.383 e. The molecule has 17 heavy (non-hydrogen) atoms. The van der Waals surface area contributed by atoms with Crippen LogP contribution in [-0.2, 0) is 0 Å². The molecule has 0 amide bonds. The minimum atomic E-state index is 0.385. The molecule has 0 aliphatic heterocycles. The Bertz CT molecular complexity index is 527. The van der Waals surface area contributed by atoms with Gasteiger partial charge in [-0.15, -0.1) is 0 Å². The number of fused-ring (bicyclic) bond motifs is 1. The van der Waals surface area contributed by atoms with Gasteiger partial charge in [-0.1, -0.05) is 0 Å². The number of nitrogens with zero attached hydrogens (tertiary/aromatic N) is 3. The summed E-state index contributed by atoms with van der Waals surface area (Å²) in [5, 5.41) is 3.18. The number of aromatic nitrogens is 3. The minimum Gasteiger partial charge on any atom is -0.383 e. The number of hydrogen-bond acceptors (Lipinski definition) is 4. The molecule has 0 radical (unpaired) electrons. The van der Waals surface area contributed by atoms with Crippen LogP contribution in [0.15, 0.2) is 23.6 Å². The summed E-state index contributed by atoms with van der Waals surface area (Å²) in [5.41, 5.74) is 8.24. The lowest BCUT2D eigenvalue weighted by Gasteiger charge is -2.06. The van der Waals surface area contributed by atoms with Crippen LogP contribution < -0.4 is 11.1 Å². The number of nitrogens with one attached hydrogen (secondary N) is 2. The molecule has 90 valence electrons. The molecular weight excluding hydrogens is 216 g/mol. The third-order valence-corrected chi connectivity index (χ3v) is 2.35. The van der Waals surface area contributed by atoms with Crippen LogP contribution in [-0.4, -0.2) is 33.5 Å². The van der Waals surface area contributed by atoms with E-state index in [1.807, 2.05) is 6.07 Å². The molecular formula is C11H16N6. The van der Waals surface area contributed by atoms with Gasteiger partial charge in [-0.05, 0) is 19.9 Å². The van der Waals surface area contributed by atoms with E-state index in [4.69, 9.17) is 5.73 Å². The lowest BCUT2D eigenvalue weighted by atomic mass is 10.2. The quantitative estimate of drug-likeness (QED) is 0.532. The Kier molecular flexibility index (Phi) is 3.34. The van der Waals surface area contributed by atoms with Crippen LogP contribution in [0.4, 0.5) is 0 Å². The molecule has 2 aromatic rings. The summed E-state index contributed by atoms with van der Waals surface area (Å²) in [6, 6.07) is 2.21. The molecule has 6 heteroatoms. The molecule has 2 aromatic heterocycles. The molecule has 0 fully saturated rings. The second kappa shape index (κ2) is 4.92. The number of nitrogens with two attached hydrogens (primary N) is 1. The summed E-state index contributed by atoms with van der Waals surface area (Å²) in [6.07, 6.45) is 3.28. The number of H-pyrrole nitrogens is 1. The number of imidazole rings is 1. The third-order valence-electron chi connectivity index (χ3n) is 2.35. The normalized spacial score (nSPS) is 12.5. The molecule has 0 aliphatic rings. The number of aromatic amines is 1. The van der Waals surface area contributed by atoms with Crippen molar-refractivity contribution in [3.63, 3.8) is 0 Å². The highest BCUT2D eigenvalue weighted by atomic mass is 15.0. The fourth-order valence-electron chi connectivity index (χ4n) is 1.46. The number of hydrogen-bond donors (Lipinski definition) is 3. The number of rotatable bonds is 4. The number of aliphatic imine (C=N–C) groups is 1. The fourth-order valence-corrected chi connectivity index (χ4v) is 1.46. The van der Waals surface area contributed by atoms with E-state index in [0.29, 0.717) is 24.2 Å². The highest BCUT2D eigenvalue weighted by molar-refractivity contribution is 6.06. The fraction of sp³-hybridized carbons (Fsp3) is 0.364. The maximum absolute atomic E-state index is 5.94. The zero-order valence-electron chi connectivity index (χ0n) is 9.94. The van der Waals surface area contributed by atoms with Crippen molar-refractivity contribution in [3.8, 4) is 0 Å². The molecule has 0 atom stereocenters. The van der Waals surface area contributed by atoms with Crippen LogP contribution in [0.1, 0.15) is 19.4 Å². The lowest BCUT2D eigenvalue weighted by Crippen LogP contribution is -2.25. The van der Waals surface area contributed by atoms with E-state index in [-0.39, 0.29) is 0 Å². The molecule has 0 unspecified atom stereocenters. The first-order valence-electron chi connectivity index (χ1n) is 5.50. The van der Waals surface area contributed by atoms with Crippen molar-refractivity contribution in [2.75, 3.05) is 6.67 Å². The Morgan fingerprint density at radius 3 is 3.12 bits per heavy atom. The monoisotopic (exact) mass is 232 g/mol. The highest BCUT2D eigenvalue weighted by Gasteiger charge is 2.06. The molecule has 4 N–H and O–H groups in total. The van der Waals surface area contributed by atoms with Gasteiger partial charge in [0.25, 0.3) is 0 Å². The maximum atomic E-state index is 5.94. The smallest absolute Gasteiger partial charge is 0.178 e. The Labute approximate surface area is 99.4 Å². The van der Waals surface area contributed by atoms with Crippen LogP contribution in [0.5, 0.6) is 0 Å². The molecule has 0 saturated carbocycles. The highest BCUT2D eigenvalue weighted by Crippen LogP contribution is 2.11. The topological polar surface area (TPSA) is 92.0 Å². The van der Waals surface area contributed by atoms with E-state index >= 15 is 0 Å². The molecule has 2 heterocycles. The second-order valence-corrected chi connectivity index (χ2v) is 4.02. The van der Waals surface area contributed by atoms with Crippen molar-refractivity contribution in [2.24, 2.45) is 10.7 Å². The van der Waals surface area contributed by atoms with Gasteiger partial charge >= 0.3 is 0 Å². The average Bonchev–Trinajstić information content (AvgIpc) is 2.75. The summed E-state index contributed by atoms with van der Waals surface area (Å²) in [5.74, 6) is 0.481. The average molecular weight is 232 g/mol. The molecule has 2 rings (SSSR count). The van der Waals surface area contributed by atoms with E-state index in [0.717, 1.165) is 11.1 Å². The Hall–Kier alpha value is -1.95. The standard InChI is InChI=1S/C11H16N6/c1-7(2)14-5-16-10(12)8-3-4-13-11-9(8)15-6-17-11/h3-4,6-7,14H,5H2,1-2H3,(H2,12,16)(H,13,15,17). The number of pyridine rings is 1. The molecule has 0 saturated heterocycles. The summed E-state index contributed by atoms with van der Waals surface area (Å²) < 4.78 is 0. The van der Waals surface area contributed by atoms with Gasteiger partial charge in [0, 0.05) is 17.8 Å². The van der Waals surface area contributed by atoms with Crippen LogP contribution >= 0.6 is 0 Å². The Balaban J connectivity index is 2.24. The SMILES string of the molecule is CC(C)NCN=C(N)c1ccnc2nc[nH]c12. The predicted octanol–water partition coefficient (Wildman–Crippen LogP) is 0.619. The molecule has 0 aliphatic carbocycles. The molecule has 0 spiro atoms. The van der Waals surface area contributed by atoms with Gasteiger partial charge in [-0.3, -0.25) is 10.3 Å². The van der Waals surface area contributed by atoms with Gasteiger partial charge in [0.1, 0.15) is 5.84 Å². The van der Waals surface area contributed by atoms with Gasteiger partial charge < -0.3 is 10.7 Å². The van der Waals surface area contributed by atoms with Crippen LogP contribution in [0.2, 0.25) is 0 Å². The minimum absolute atomic E-state index is 0.385. The van der Waals surface area contributed by atoms with Crippen molar-refractivity contribution in [3.05, 3.63) is 24.2 Å². The zero-order chi connectivity index (χ0) is 12.3. The molecule has 0 bridgehead atoms. The summed E-state index contributed by atoms with van der Waals surface area (Å²) in [4.78, 5) is 15.5. The van der Waals surface area contributed by atoms with Crippen molar-refractivity contribution >= 4 is 17.0 Å². The predicted molar refractivity (Wildman–Crippen MR) is 67.8 cm³/mol. The zero-order valence-corrected chi connectivity index (χ0v) is 9.94. The Morgan fingerprint density at radius 1 is 1.53 bits per heavy atom. The number of amidine groups is 1. The summed E-state index contributed by atoms with van der Waals surface area (Å²) in [6.45, 7) is 4.62. The van der Waals surface area contributed by atoms with Gasteiger partial charge in [0.2, 0.25) is 0 Å². The first-order chi connectivity index (χ1) is 8.18. The van der Waals surface area contributed by atoms with Gasteiger partial charge in [-0.2, -0.15) is 0 Å². The van der Waals surface area contributed by atoms with Crippen molar-refractivity contribution in [1.29, 1.82) is 0 Å². The van der Waals surface area contributed by atoms with Gasteiger partial charge in [0.15, 0.2) is 5.65 Å². The lowest BCUT2D eigenvalue weighted by molar-refractivity contribution is 0.603. The second-order valence-electron chi connectivity index (χ2n) is 4.02. The van der Waals surface area contributed by atoms with E-state index in [1.54, 1.807) is 12.5 Å². The van der Waals surface area contributed by atoms with Crippen LogP contribution in [0, 0.1) is 0 Å². The van der Waals surface area contributed by atoms with Gasteiger partial charge in [-0.25, -0.2) is 9.97 Å². The first kappa shape index (κ1) is 11.5. The van der Waals surface area contributed by atoms with E-state index in [1.165, 1.54) is 0 Å². The maximum Gasteiger partial charge on any atom is 0.178 e. The van der Waals surface area contributed by atoms with Crippen LogP contribution in [0.25, 0.3) is 11.2 Å². The van der Waals surface area contributed by atoms with E-state index in [2.05, 4.69) is 39.1 Å². The van der Waals surface area contributed by atoms with Gasteiger partial charge in [0.05, 0.1) is 18.5 Å². The summed E-state index contributed by atoms with van der Waals surface area (Å²) in [7, 11) is 0. The van der Waals surface area contributed by atoms with E-state index in [9.17, 15) is 0 Å². The van der Waals surface area contributed by atoms with Crippen molar-refractivity contribution in [1.82, 2.24) is 20.3 Å². The first-order valence-corrected chi connectivity index (χ1v) is 5.50. The Morgan fingerprint density at radius 2 is 2.35 bits per heavy atom. The molecule has 0 aromatic carbocycles. The van der Waals surface area contributed by atoms with Crippen molar-refractivity contribution < 1.29 is 0 Å². The molecule has 6 nitrogen and oxygen atoms in total. The van der Waals surface area contributed by atoms with Crippen molar-refractivity contribution in [2.45, 2.75) is 19.9 Å². The van der Waals surface area contributed by atoms with E-state index < -0.39 is 0 Å².